The lowest BCUT2D eigenvalue weighted by molar-refractivity contribution is -0.141. The Morgan fingerprint density at radius 1 is 1.14 bits per heavy atom. The van der Waals surface area contributed by atoms with Gasteiger partial charge in [0.25, 0.3) is 0 Å². The van der Waals surface area contributed by atoms with Gasteiger partial charge < -0.3 is 10.2 Å². The standard InChI is InChI=1S/C23H28ClFN2O2/c1-5-21(23(29)26-15(2)3)27(14-17-11-9-16(4)10-12-17)22(28)13-18-19(24)7-6-8-20(18)25/h6-12,15,21H,5,13-14H2,1-4H3,(H,26,29)/t21-/m0/s1. The van der Waals surface area contributed by atoms with Crippen molar-refractivity contribution in [2.24, 2.45) is 0 Å². The molecule has 0 bridgehead atoms. The van der Waals surface area contributed by atoms with Crippen molar-refractivity contribution in [1.29, 1.82) is 0 Å². The summed E-state index contributed by atoms with van der Waals surface area (Å²) >= 11 is 6.11. The van der Waals surface area contributed by atoms with E-state index in [0.717, 1.165) is 11.1 Å². The van der Waals surface area contributed by atoms with Gasteiger partial charge in [-0.15, -0.1) is 0 Å². The molecule has 6 heteroatoms. The van der Waals surface area contributed by atoms with Gasteiger partial charge in [-0.3, -0.25) is 9.59 Å². The predicted octanol–water partition coefficient (Wildman–Crippen LogP) is 4.66. The van der Waals surface area contributed by atoms with Crippen LogP contribution in [0, 0.1) is 12.7 Å². The number of nitrogens with zero attached hydrogens (tertiary/aromatic N) is 1. The van der Waals surface area contributed by atoms with E-state index in [1.54, 1.807) is 6.07 Å². The van der Waals surface area contributed by atoms with Crippen LogP contribution in [-0.2, 0) is 22.6 Å². The maximum absolute atomic E-state index is 14.2. The molecule has 0 spiro atoms. The first-order chi connectivity index (χ1) is 13.7. The lowest BCUT2D eigenvalue weighted by Crippen LogP contribution is -2.50. The Labute approximate surface area is 177 Å². The molecular formula is C23H28ClFN2O2. The number of amides is 2. The molecule has 0 radical (unpaired) electrons. The first-order valence-corrected chi connectivity index (χ1v) is 10.2. The molecule has 0 aliphatic carbocycles. The van der Waals surface area contributed by atoms with Crippen LogP contribution in [0.5, 0.6) is 0 Å². The number of carbonyl (C=O) groups is 2. The molecule has 0 fully saturated rings. The molecule has 0 aliphatic heterocycles. The maximum Gasteiger partial charge on any atom is 0.243 e. The van der Waals surface area contributed by atoms with Gasteiger partial charge in [-0.1, -0.05) is 54.4 Å². The molecule has 2 aromatic carbocycles. The number of carbonyl (C=O) groups excluding carboxylic acids is 2. The zero-order chi connectivity index (χ0) is 21.6. The van der Waals surface area contributed by atoms with Gasteiger partial charge in [-0.2, -0.15) is 0 Å². The molecule has 0 unspecified atom stereocenters. The zero-order valence-corrected chi connectivity index (χ0v) is 18.1. The topological polar surface area (TPSA) is 49.4 Å². The van der Waals surface area contributed by atoms with Crippen molar-refractivity contribution in [2.45, 2.75) is 59.2 Å². The quantitative estimate of drug-likeness (QED) is 0.677. The fraction of sp³-hybridized carbons (Fsp3) is 0.391. The van der Waals surface area contributed by atoms with Gasteiger partial charge in [-0.25, -0.2) is 4.39 Å². The second-order valence-electron chi connectivity index (χ2n) is 7.47. The van der Waals surface area contributed by atoms with Crippen LogP contribution in [0.4, 0.5) is 4.39 Å². The van der Waals surface area contributed by atoms with E-state index in [2.05, 4.69) is 5.32 Å². The fourth-order valence-corrected chi connectivity index (χ4v) is 3.37. The highest BCUT2D eigenvalue weighted by Gasteiger charge is 2.29. The van der Waals surface area contributed by atoms with Crippen molar-refractivity contribution in [3.05, 3.63) is 70.0 Å². The highest BCUT2D eigenvalue weighted by Crippen LogP contribution is 2.22. The van der Waals surface area contributed by atoms with Crippen LogP contribution >= 0.6 is 11.6 Å². The second-order valence-corrected chi connectivity index (χ2v) is 7.88. The molecule has 2 amide bonds. The first kappa shape index (κ1) is 22.9. The number of aryl methyl sites for hydroxylation is 1. The molecule has 0 aromatic heterocycles. The number of hydrogen-bond acceptors (Lipinski definition) is 2. The third-order valence-corrected chi connectivity index (χ3v) is 5.03. The van der Waals surface area contributed by atoms with Crippen LogP contribution in [0.1, 0.15) is 43.9 Å². The second kappa shape index (κ2) is 10.4. The lowest BCUT2D eigenvalue weighted by atomic mass is 10.1. The zero-order valence-electron chi connectivity index (χ0n) is 17.3. The van der Waals surface area contributed by atoms with E-state index in [-0.39, 0.29) is 41.4 Å². The summed E-state index contributed by atoms with van der Waals surface area (Å²) < 4.78 is 14.2. The highest BCUT2D eigenvalue weighted by molar-refractivity contribution is 6.31. The van der Waals surface area contributed by atoms with Gasteiger partial charge in [0.2, 0.25) is 11.8 Å². The highest BCUT2D eigenvalue weighted by atomic mass is 35.5. The Hall–Kier alpha value is -2.40. The smallest absolute Gasteiger partial charge is 0.243 e. The number of hydrogen-bond donors (Lipinski definition) is 1. The lowest BCUT2D eigenvalue weighted by Gasteiger charge is -2.31. The van der Waals surface area contributed by atoms with Crippen LogP contribution in [0.3, 0.4) is 0 Å². The largest absolute Gasteiger partial charge is 0.352 e. The van der Waals surface area contributed by atoms with Gasteiger partial charge in [0.1, 0.15) is 11.9 Å². The minimum atomic E-state index is -0.656. The van der Waals surface area contributed by atoms with Crippen LogP contribution in [0.25, 0.3) is 0 Å². The average Bonchev–Trinajstić information content (AvgIpc) is 2.65. The van der Waals surface area contributed by atoms with Gasteiger partial charge in [0.05, 0.1) is 6.42 Å². The molecule has 2 rings (SSSR count). The summed E-state index contributed by atoms with van der Waals surface area (Å²) in [7, 11) is 0. The molecule has 156 valence electrons. The Morgan fingerprint density at radius 2 is 1.79 bits per heavy atom. The summed E-state index contributed by atoms with van der Waals surface area (Å²) in [5.41, 5.74) is 2.15. The van der Waals surface area contributed by atoms with Crippen molar-refractivity contribution in [3.63, 3.8) is 0 Å². The summed E-state index contributed by atoms with van der Waals surface area (Å²) in [6.45, 7) is 7.84. The SMILES string of the molecule is CC[C@@H](C(=O)NC(C)C)N(Cc1ccc(C)cc1)C(=O)Cc1c(F)cccc1Cl. The summed E-state index contributed by atoms with van der Waals surface area (Å²) in [5.74, 6) is -1.09. The molecule has 1 atom stereocenters. The van der Waals surface area contributed by atoms with Crippen molar-refractivity contribution >= 4 is 23.4 Å². The number of benzene rings is 2. The molecule has 0 saturated carbocycles. The third kappa shape index (κ3) is 6.29. The van der Waals surface area contributed by atoms with E-state index in [4.69, 9.17) is 11.6 Å². The fourth-order valence-electron chi connectivity index (χ4n) is 3.14. The van der Waals surface area contributed by atoms with E-state index < -0.39 is 11.9 Å². The molecule has 1 N–H and O–H groups in total. The van der Waals surface area contributed by atoms with Gasteiger partial charge >= 0.3 is 0 Å². The van der Waals surface area contributed by atoms with E-state index in [9.17, 15) is 14.0 Å². The van der Waals surface area contributed by atoms with E-state index in [1.165, 1.54) is 17.0 Å². The maximum atomic E-state index is 14.2. The summed E-state index contributed by atoms with van der Waals surface area (Å²) in [6.07, 6.45) is 0.240. The minimum absolute atomic E-state index is 0.0473. The van der Waals surface area contributed by atoms with Gasteiger partial charge in [0.15, 0.2) is 0 Å². The Morgan fingerprint density at radius 3 is 2.34 bits per heavy atom. The number of nitrogens with one attached hydrogen (secondary N) is 1. The summed E-state index contributed by atoms with van der Waals surface area (Å²) in [6, 6.07) is 11.4. The predicted molar refractivity (Wildman–Crippen MR) is 114 cm³/mol. The minimum Gasteiger partial charge on any atom is -0.352 e. The van der Waals surface area contributed by atoms with E-state index in [1.807, 2.05) is 52.0 Å². The van der Waals surface area contributed by atoms with E-state index >= 15 is 0 Å². The Kier molecular flexibility index (Phi) is 8.21. The molecule has 0 saturated heterocycles. The molecular weight excluding hydrogens is 391 g/mol. The van der Waals surface area contributed by atoms with Crippen LogP contribution in [-0.4, -0.2) is 28.8 Å². The Bertz CT molecular complexity index is 832. The van der Waals surface area contributed by atoms with Crippen molar-refractivity contribution in [1.82, 2.24) is 10.2 Å². The Balaban J connectivity index is 2.34. The van der Waals surface area contributed by atoms with Crippen LogP contribution in [0.15, 0.2) is 42.5 Å². The van der Waals surface area contributed by atoms with Gasteiger partial charge in [-0.05, 0) is 44.9 Å². The molecule has 4 nitrogen and oxygen atoms in total. The van der Waals surface area contributed by atoms with Crippen molar-refractivity contribution in [3.8, 4) is 0 Å². The van der Waals surface area contributed by atoms with Crippen LogP contribution < -0.4 is 5.32 Å². The van der Waals surface area contributed by atoms with Gasteiger partial charge in [0, 0.05) is 23.2 Å². The number of halogens is 2. The van der Waals surface area contributed by atoms with Crippen molar-refractivity contribution in [2.75, 3.05) is 0 Å². The molecule has 0 aliphatic rings. The summed E-state index contributed by atoms with van der Waals surface area (Å²) in [5, 5.41) is 3.08. The number of rotatable bonds is 8. The average molecular weight is 419 g/mol. The molecule has 29 heavy (non-hydrogen) atoms. The monoisotopic (exact) mass is 418 g/mol. The molecule has 0 heterocycles. The third-order valence-electron chi connectivity index (χ3n) is 4.68. The van der Waals surface area contributed by atoms with E-state index in [0.29, 0.717) is 6.42 Å². The first-order valence-electron chi connectivity index (χ1n) is 9.81. The molecule has 2 aromatic rings. The normalized spacial score (nSPS) is 12.0. The van der Waals surface area contributed by atoms with Crippen LogP contribution in [0.2, 0.25) is 5.02 Å². The van der Waals surface area contributed by atoms with Crippen molar-refractivity contribution < 1.29 is 14.0 Å². The summed E-state index contributed by atoms with van der Waals surface area (Å²) in [4.78, 5) is 27.5.